The van der Waals surface area contributed by atoms with E-state index < -0.39 is 25.6 Å². The van der Waals surface area contributed by atoms with E-state index in [1.165, 1.54) is 15.7 Å². The molecule has 1 spiro atoms. The standard InChI is InChI=1S/C14H20N2O5S2/c1-21-10-9-16-14(7-8-15(11-14)22(2,17)18)12-5-3-4-6-13(12)23(16,19)20/h3-6H,7-11H2,1-2H3/t14-/m0/s1. The van der Waals surface area contributed by atoms with E-state index in [9.17, 15) is 16.8 Å². The molecule has 0 aromatic heterocycles. The molecule has 0 bridgehead atoms. The zero-order valence-electron chi connectivity index (χ0n) is 13.1. The summed E-state index contributed by atoms with van der Waals surface area (Å²) in [5.41, 5.74) is -0.154. The normalized spacial score (nSPS) is 27.6. The van der Waals surface area contributed by atoms with Crippen molar-refractivity contribution in [2.75, 3.05) is 39.6 Å². The van der Waals surface area contributed by atoms with Crippen LogP contribution in [0.2, 0.25) is 0 Å². The summed E-state index contributed by atoms with van der Waals surface area (Å²) < 4.78 is 57.4. The maximum atomic E-state index is 12.9. The third-order valence-electron chi connectivity index (χ3n) is 4.61. The second kappa shape index (κ2) is 5.52. The van der Waals surface area contributed by atoms with Gasteiger partial charge >= 0.3 is 0 Å². The van der Waals surface area contributed by atoms with Crippen molar-refractivity contribution in [2.45, 2.75) is 16.9 Å². The van der Waals surface area contributed by atoms with E-state index >= 15 is 0 Å². The summed E-state index contributed by atoms with van der Waals surface area (Å²) in [6, 6.07) is 6.85. The number of fused-ring (bicyclic) bond motifs is 2. The van der Waals surface area contributed by atoms with Crippen molar-refractivity contribution in [1.29, 1.82) is 0 Å². The van der Waals surface area contributed by atoms with Crippen LogP contribution < -0.4 is 0 Å². The lowest BCUT2D eigenvalue weighted by Crippen LogP contribution is -2.47. The average molecular weight is 360 g/mol. The number of rotatable bonds is 4. The first-order valence-electron chi connectivity index (χ1n) is 7.30. The van der Waals surface area contributed by atoms with E-state index in [1.54, 1.807) is 24.3 Å². The minimum atomic E-state index is -3.65. The predicted octanol–water partition coefficient (Wildman–Crippen LogP) is 0.198. The van der Waals surface area contributed by atoms with Crippen molar-refractivity contribution in [3.05, 3.63) is 29.8 Å². The predicted molar refractivity (Wildman–Crippen MR) is 84.9 cm³/mol. The number of sulfonamides is 2. The largest absolute Gasteiger partial charge is 0.383 e. The summed E-state index contributed by atoms with van der Waals surface area (Å²) in [4.78, 5) is 0.270. The molecule has 1 fully saturated rings. The molecule has 2 aliphatic heterocycles. The van der Waals surface area contributed by atoms with Gasteiger partial charge in [0.2, 0.25) is 20.0 Å². The maximum absolute atomic E-state index is 12.9. The van der Waals surface area contributed by atoms with Crippen molar-refractivity contribution in [2.24, 2.45) is 0 Å². The van der Waals surface area contributed by atoms with Crippen molar-refractivity contribution < 1.29 is 21.6 Å². The summed E-state index contributed by atoms with van der Waals surface area (Å²) in [5.74, 6) is 0. The Kier molecular flexibility index (Phi) is 4.04. The first kappa shape index (κ1) is 16.8. The molecule has 0 N–H and O–H groups in total. The van der Waals surface area contributed by atoms with E-state index in [0.29, 0.717) is 18.5 Å². The van der Waals surface area contributed by atoms with Crippen LogP contribution in [0.4, 0.5) is 0 Å². The molecule has 0 saturated carbocycles. The molecule has 128 valence electrons. The Morgan fingerprint density at radius 3 is 2.61 bits per heavy atom. The lowest BCUT2D eigenvalue weighted by Gasteiger charge is -2.33. The zero-order valence-corrected chi connectivity index (χ0v) is 14.7. The van der Waals surface area contributed by atoms with Crippen LogP contribution in [0.15, 0.2) is 29.2 Å². The molecule has 0 radical (unpaired) electrons. The van der Waals surface area contributed by atoms with Crippen molar-refractivity contribution in [3.8, 4) is 0 Å². The monoisotopic (exact) mass is 360 g/mol. The molecule has 1 aromatic rings. The molecule has 0 amide bonds. The number of hydrogen-bond acceptors (Lipinski definition) is 5. The number of benzene rings is 1. The Morgan fingerprint density at radius 1 is 1.30 bits per heavy atom. The van der Waals surface area contributed by atoms with Crippen LogP contribution in [0, 0.1) is 0 Å². The molecule has 2 heterocycles. The molecule has 1 atom stereocenters. The SMILES string of the molecule is COCCN1[C@]2(CCN(S(C)(=O)=O)C2)c2ccccc2S1(=O)=O. The smallest absolute Gasteiger partial charge is 0.244 e. The van der Waals surface area contributed by atoms with Crippen molar-refractivity contribution in [3.63, 3.8) is 0 Å². The molecule has 3 rings (SSSR count). The van der Waals surface area contributed by atoms with Gasteiger partial charge in [-0.15, -0.1) is 0 Å². The van der Waals surface area contributed by atoms with Crippen molar-refractivity contribution >= 4 is 20.0 Å². The second-order valence-corrected chi connectivity index (χ2v) is 9.76. The number of nitrogens with zero attached hydrogens (tertiary/aromatic N) is 2. The van der Waals surface area contributed by atoms with Gasteiger partial charge in [-0.2, -0.15) is 8.61 Å². The highest BCUT2D eigenvalue weighted by atomic mass is 32.2. The van der Waals surface area contributed by atoms with Gasteiger partial charge in [-0.3, -0.25) is 0 Å². The minimum absolute atomic E-state index is 0.145. The maximum Gasteiger partial charge on any atom is 0.244 e. The summed E-state index contributed by atoms with van der Waals surface area (Å²) in [7, 11) is -5.50. The van der Waals surface area contributed by atoms with Crippen LogP contribution in [0.5, 0.6) is 0 Å². The average Bonchev–Trinajstić information content (AvgIpc) is 3.00. The van der Waals surface area contributed by atoms with Gasteiger partial charge in [0.15, 0.2) is 0 Å². The Morgan fingerprint density at radius 2 is 2.00 bits per heavy atom. The van der Waals surface area contributed by atoms with Gasteiger partial charge in [-0.1, -0.05) is 18.2 Å². The van der Waals surface area contributed by atoms with E-state index in [-0.39, 0.29) is 24.6 Å². The van der Waals surface area contributed by atoms with E-state index in [1.807, 2.05) is 0 Å². The molecular weight excluding hydrogens is 340 g/mol. The van der Waals surface area contributed by atoms with Gasteiger partial charge < -0.3 is 4.74 Å². The van der Waals surface area contributed by atoms with E-state index in [0.717, 1.165) is 6.26 Å². The molecule has 0 aliphatic carbocycles. The fourth-order valence-electron chi connectivity index (χ4n) is 3.53. The highest BCUT2D eigenvalue weighted by Gasteiger charge is 2.57. The molecule has 7 nitrogen and oxygen atoms in total. The van der Waals surface area contributed by atoms with Gasteiger partial charge in [0, 0.05) is 26.7 Å². The van der Waals surface area contributed by atoms with Crippen LogP contribution in [0.25, 0.3) is 0 Å². The van der Waals surface area contributed by atoms with Gasteiger partial charge in [-0.05, 0) is 18.1 Å². The molecule has 2 aliphatic rings. The van der Waals surface area contributed by atoms with Crippen LogP contribution in [0.3, 0.4) is 0 Å². The van der Waals surface area contributed by atoms with E-state index in [2.05, 4.69) is 0 Å². The molecule has 1 saturated heterocycles. The van der Waals surface area contributed by atoms with Crippen LogP contribution >= 0.6 is 0 Å². The van der Waals surface area contributed by atoms with Gasteiger partial charge in [0.25, 0.3) is 0 Å². The Labute approximate surface area is 136 Å². The fraction of sp³-hybridized carbons (Fsp3) is 0.571. The zero-order chi connectivity index (χ0) is 16.9. The third-order valence-corrected chi connectivity index (χ3v) is 7.89. The Balaban J connectivity index is 2.13. The summed E-state index contributed by atoms with van der Waals surface area (Å²) in [6.45, 7) is 0.914. The number of ether oxygens (including phenoxy) is 1. The Bertz CT molecular complexity index is 821. The summed E-state index contributed by atoms with van der Waals surface area (Å²) >= 11 is 0. The van der Waals surface area contributed by atoms with Crippen molar-refractivity contribution in [1.82, 2.24) is 8.61 Å². The van der Waals surface area contributed by atoms with Gasteiger partial charge in [0.1, 0.15) is 0 Å². The molecule has 0 unspecified atom stereocenters. The third kappa shape index (κ3) is 2.51. The Hall–Kier alpha value is -1.00. The molecular formula is C14H20N2O5S2. The topological polar surface area (TPSA) is 84.0 Å². The molecule has 9 heteroatoms. The fourth-order valence-corrected chi connectivity index (χ4v) is 6.45. The van der Waals surface area contributed by atoms with Crippen LogP contribution in [-0.2, 0) is 30.3 Å². The quantitative estimate of drug-likeness (QED) is 0.766. The van der Waals surface area contributed by atoms with Crippen LogP contribution in [0.1, 0.15) is 12.0 Å². The van der Waals surface area contributed by atoms with Crippen LogP contribution in [-0.4, -0.2) is 65.1 Å². The van der Waals surface area contributed by atoms with Gasteiger partial charge in [0.05, 0.1) is 23.3 Å². The number of methoxy groups -OCH3 is 1. The first-order valence-corrected chi connectivity index (χ1v) is 10.6. The number of hydrogen-bond donors (Lipinski definition) is 0. The highest BCUT2D eigenvalue weighted by molar-refractivity contribution is 7.89. The lowest BCUT2D eigenvalue weighted by molar-refractivity contribution is 0.135. The lowest BCUT2D eigenvalue weighted by atomic mass is 9.89. The minimum Gasteiger partial charge on any atom is -0.383 e. The molecule has 23 heavy (non-hydrogen) atoms. The van der Waals surface area contributed by atoms with E-state index in [4.69, 9.17) is 4.74 Å². The molecule has 1 aromatic carbocycles. The summed E-state index contributed by atoms with van der Waals surface area (Å²) in [5, 5.41) is 0. The first-order chi connectivity index (χ1) is 10.7. The summed E-state index contributed by atoms with van der Waals surface area (Å²) in [6.07, 6.45) is 1.60. The van der Waals surface area contributed by atoms with Gasteiger partial charge in [-0.25, -0.2) is 16.8 Å². The highest BCUT2D eigenvalue weighted by Crippen LogP contribution is 2.49. The second-order valence-electron chi connectivity index (χ2n) is 5.94.